The highest BCUT2D eigenvalue weighted by Crippen LogP contribution is 2.10. The van der Waals surface area contributed by atoms with E-state index in [0.717, 1.165) is 12.8 Å². The number of amides is 1. The summed E-state index contributed by atoms with van der Waals surface area (Å²) >= 11 is 0. The van der Waals surface area contributed by atoms with Crippen LogP contribution >= 0.6 is 0 Å². The molecule has 0 aromatic heterocycles. The maximum Gasteiger partial charge on any atom is 0.220 e. The van der Waals surface area contributed by atoms with Crippen LogP contribution in [0.5, 0.6) is 0 Å². The summed E-state index contributed by atoms with van der Waals surface area (Å²) in [6, 6.07) is 0.538. The van der Waals surface area contributed by atoms with Gasteiger partial charge in [0.15, 0.2) is 0 Å². The Bertz CT molecular complexity index is 134. The fourth-order valence-electron chi connectivity index (χ4n) is 1.30. The highest BCUT2D eigenvalue weighted by atomic mass is 16.1. The fourth-order valence-corrected chi connectivity index (χ4v) is 1.30. The van der Waals surface area contributed by atoms with Crippen LogP contribution in [0.3, 0.4) is 0 Å². The zero-order valence-electron chi connectivity index (χ0n) is 6.26. The van der Waals surface area contributed by atoms with Gasteiger partial charge < -0.3 is 11.1 Å². The van der Waals surface area contributed by atoms with Crippen molar-refractivity contribution in [3.63, 3.8) is 0 Å². The summed E-state index contributed by atoms with van der Waals surface area (Å²) in [7, 11) is 0. The molecular weight excluding hydrogens is 128 g/mol. The maximum absolute atomic E-state index is 10.7. The average Bonchev–Trinajstić information content (AvgIpc) is 2.13. The van der Waals surface area contributed by atoms with Crippen molar-refractivity contribution in [1.29, 1.82) is 0 Å². The van der Waals surface area contributed by atoms with Crippen molar-refractivity contribution in [2.24, 2.45) is 5.73 Å². The zero-order chi connectivity index (χ0) is 7.56. The summed E-state index contributed by atoms with van der Waals surface area (Å²) in [5.41, 5.74) is 5.57. The summed E-state index contributed by atoms with van der Waals surface area (Å²) < 4.78 is 0. The predicted molar refractivity (Wildman–Crippen MR) is 39.4 cm³/mol. The molecule has 2 atom stereocenters. The molecule has 0 aromatic carbocycles. The van der Waals surface area contributed by atoms with Crippen molar-refractivity contribution in [2.75, 3.05) is 0 Å². The molecule has 1 fully saturated rings. The molecule has 0 aliphatic carbocycles. The van der Waals surface area contributed by atoms with Crippen LogP contribution in [0, 0.1) is 0 Å². The van der Waals surface area contributed by atoms with Gasteiger partial charge in [-0.3, -0.25) is 4.79 Å². The minimum Gasteiger partial charge on any atom is -0.353 e. The van der Waals surface area contributed by atoms with E-state index in [1.165, 1.54) is 0 Å². The number of carbonyl (C=O) groups excluding carboxylic acids is 1. The van der Waals surface area contributed by atoms with Crippen LogP contribution in [-0.2, 0) is 4.79 Å². The van der Waals surface area contributed by atoms with E-state index in [-0.39, 0.29) is 11.9 Å². The Morgan fingerprint density at radius 1 is 1.90 bits per heavy atom. The Morgan fingerprint density at radius 2 is 2.60 bits per heavy atom. The number of nitrogens with one attached hydrogen (secondary N) is 1. The number of hydrogen-bond donors (Lipinski definition) is 2. The molecule has 1 aliphatic heterocycles. The van der Waals surface area contributed by atoms with Crippen molar-refractivity contribution >= 4 is 5.91 Å². The summed E-state index contributed by atoms with van der Waals surface area (Å²) in [6.45, 7) is 1.96. The Morgan fingerprint density at radius 3 is 3.00 bits per heavy atom. The Hall–Kier alpha value is -0.570. The average molecular weight is 142 g/mol. The molecule has 0 bridgehead atoms. The third-order valence-corrected chi connectivity index (χ3v) is 1.74. The van der Waals surface area contributed by atoms with E-state index in [4.69, 9.17) is 5.73 Å². The summed E-state index contributed by atoms with van der Waals surface area (Å²) in [5.74, 6) is 0.172. The summed E-state index contributed by atoms with van der Waals surface area (Å²) in [5, 5.41) is 2.87. The van der Waals surface area contributed by atoms with E-state index in [1.807, 2.05) is 6.92 Å². The molecule has 3 N–H and O–H groups in total. The standard InChI is InChI=1S/C7H14N2O/c1-5(8)4-6-2-3-7(10)9-6/h5-6H,2-4,8H2,1H3,(H,9,10). The van der Waals surface area contributed by atoms with Crippen molar-refractivity contribution in [3.05, 3.63) is 0 Å². The molecule has 1 heterocycles. The second-order valence-corrected chi connectivity index (χ2v) is 3.02. The Labute approximate surface area is 61.0 Å². The molecule has 1 aliphatic rings. The largest absolute Gasteiger partial charge is 0.353 e. The highest BCUT2D eigenvalue weighted by molar-refractivity contribution is 5.78. The molecule has 0 spiro atoms. The van der Waals surface area contributed by atoms with E-state index in [9.17, 15) is 4.79 Å². The SMILES string of the molecule is CC(N)CC1CCC(=O)N1. The molecule has 0 radical (unpaired) electrons. The van der Waals surface area contributed by atoms with Gasteiger partial charge in [-0.2, -0.15) is 0 Å². The van der Waals surface area contributed by atoms with E-state index in [2.05, 4.69) is 5.32 Å². The van der Waals surface area contributed by atoms with E-state index in [0.29, 0.717) is 12.5 Å². The normalized spacial score (nSPS) is 28.2. The number of carbonyl (C=O) groups is 1. The quantitative estimate of drug-likeness (QED) is 0.570. The topological polar surface area (TPSA) is 55.1 Å². The first-order valence-corrected chi connectivity index (χ1v) is 3.73. The lowest BCUT2D eigenvalue weighted by Crippen LogP contribution is -2.31. The van der Waals surface area contributed by atoms with Crippen molar-refractivity contribution in [2.45, 2.75) is 38.3 Å². The van der Waals surface area contributed by atoms with Gasteiger partial charge in [0.1, 0.15) is 0 Å². The highest BCUT2D eigenvalue weighted by Gasteiger charge is 2.20. The van der Waals surface area contributed by atoms with Crippen LogP contribution in [0.2, 0.25) is 0 Å². The van der Waals surface area contributed by atoms with Crippen molar-refractivity contribution < 1.29 is 4.79 Å². The molecule has 0 saturated carbocycles. The first-order valence-electron chi connectivity index (χ1n) is 3.73. The molecule has 1 amide bonds. The predicted octanol–water partition coefficient (Wildman–Crippen LogP) is 0.00230. The fraction of sp³-hybridized carbons (Fsp3) is 0.857. The molecule has 1 rings (SSSR count). The lowest BCUT2D eigenvalue weighted by molar-refractivity contribution is -0.119. The molecule has 58 valence electrons. The molecule has 3 nitrogen and oxygen atoms in total. The number of hydrogen-bond acceptors (Lipinski definition) is 2. The molecule has 2 unspecified atom stereocenters. The van der Waals surface area contributed by atoms with Crippen LogP contribution in [0.1, 0.15) is 26.2 Å². The summed E-state index contributed by atoms with van der Waals surface area (Å²) in [6.07, 6.45) is 2.55. The zero-order valence-corrected chi connectivity index (χ0v) is 6.26. The summed E-state index contributed by atoms with van der Waals surface area (Å²) in [4.78, 5) is 10.7. The van der Waals surface area contributed by atoms with Gasteiger partial charge in [0.05, 0.1) is 0 Å². The van der Waals surface area contributed by atoms with Crippen LogP contribution in [0.4, 0.5) is 0 Å². The van der Waals surface area contributed by atoms with E-state index in [1.54, 1.807) is 0 Å². The van der Waals surface area contributed by atoms with Gasteiger partial charge in [0.2, 0.25) is 5.91 Å². The second-order valence-electron chi connectivity index (χ2n) is 3.02. The third-order valence-electron chi connectivity index (χ3n) is 1.74. The molecule has 3 heteroatoms. The van der Waals surface area contributed by atoms with Crippen LogP contribution < -0.4 is 11.1 Å². The first-order chi connectivity index (χ1) is 4.68. The molecule has 1 saturated heterocycles. The number of nitrogens with two attached hydrogens (primary N) is 1. The monoisotopic (exact) mass is 142 g/mol. The van der Waals surface area contributed by atoms with Gasteiger partial charge in [0, 0.05) is 18.5 Å². The van der Waals surface area contributed by atoms with Crippen LogP contribution in [0.25, 0.3) is 0 Å². The van der Waals surface area contributed by atoms with E-state index >= 15 is 0 Å². The molecule has 10 heavy (non-hydrogen) atoms. The maximum atomic E-state index is 10.7. The minimum atomic E-state index is 0.172. The Kier molecular flexibility index (Phi) is 2.27. The van der Waals surface area contributed by atoms with Gasteiger partial charge in [0.25, 0.3) is 0 Å². The van der Waals surface area contributed by atoms with Crippen molar-refractivity contribution in [1.82, 2.24) is 5.32 Å². The van der Waals surface area contributed by atoms with Gasteiger partial charge in [-0.15, -0.1) is 0 Å². The lowest BCUT2D eigenvalue weighted by atomic mass is 10.1. The molecule has 0 aromatic rings. The van der Waals surface area contributed by atoms with Crippen LogP contribution in [-0.4, -0.2) is 18.0 Å². The van der Waals surface area contributed by atoms with Gasteiger partial charge >= 0.3 is 0 Å². The van der Waals surface area contributed by atoms with E-state index < -0.39 is 0 Å². The van der Waals surface area contributed by atoms with Crippen LogP contribution in [0.15, 0.2) is 0 Å². The minimum absolute atomic E-state index is 0.172. The van der Waals surface area contributed by atoms with Gasteiger partial charge in [-0.05, 0) is 19.8 Å². The second kappa shape index (κ2) is 3.01. The van der Waals surface area contributed by atoms with Gasteiger partial charge in [-0.1, -0.05) is 0 Å². The molecular formula is C7H14N2O. The Balaban J connectivity index is 2.24. The van der Waals surface area contributed by atoms with Crippen molar-refractivity contribution in [3.8, 4) is 0 Å². The lowest BCUT2D eigenvalue weighted by Gasteiger charge is -2.11. The first kappa shape index (κ1) is 7.54. The third kappa shape index (κ3) is 1.99. The smallest absolute Gasteiger partial charge is 0.220 e. The number of rotatable bonds is 2. The van der Waals surface area contributed by atoms with Gasteiger partial charge in [-0.25, -0.2) is 0 Å².